The lowest BCUT2D eigenvalue weighted by Gasteiger charge is -2.00. The Morgan fingerprint density at radius 3 is 3.06 bits per heavy atom. The Morgan fingerprint density at radius 1 is 1.50 bits per heavy atom. The van der Waals surface area contributed by atoms with E-state index in [-0.39, 0.29) is 5.82 Å². The summed E-state index contributed by atoms with van der Waals surface area (Å²) in [5.74, 6) is -0.266. The topological polar surface area (TPSA) is 21.3 Å². The number of hydrogen-bond acceptors (Lipinski definition) is 2. The molecule has 1 aromatic rings. The van der Waals surface area contributed by atoms with E-state index in [0.717, 1.165) is 6.54 Å². The fourth-order valence-electron chi connectivity index (χ4n) is 1.19. The van der Waals surface area contributed by atoms with Crippen molar-refractivity contribution in [3.05, 3.63) is 40.7 Å². The highest BCUT2D eigenvalue weighted by atomic mass is 35.5. The number of benzene rings is 1. The van der Waals surface area contributed by atoms with Gasteiger partial charge in [-0.3, -0.25) is 0 Å². The van der Waals surface area contributed by atoms with Gasteiger partial charge >= 0.3 is 0 Å². The Bertz CT molecular complexity index is 355. The highest BCUT2D eigenvalue weighted by Gasteiger charge is 1.98. The maximum Gasteiger partial charge on any atom is 0.130 e. The molecule has 2 nitrogen and oxygen atoms in total. The van der Waals surface area contributed by atoms with Crippen LogP contribution in [0.5, 0.6) is 0 Å². The molecule has 4 heteroatoms. The van der Waals surface area contributed by atoms with Crippen molar-refractivity contribution >= 4 is 17.7 Å². The summed E-state index contributed by atoms with van der Waals surface area (Å²) in [5.41, 5.74) is 0.501. The van der Waals surface area contributed by atoms with E-state index in [0.29, 0.717) is 23.7 Å². The molecule has 0 amide bonds. The molecule has 0 fully saturated rings. The third-order valence-corrected chi connectivity index (χ3v) is 2.24. The third kappa shape index (κ3) is 4.75. The van der Waals surface area contributed by atoms with Crippen LogP contribution in [0.3, 0.4) is 0 Å². The lowest BCUT2D eigenvalue weighted by molar-refractivity contribution is 0.200. The summed E-state index contributed by atoms with van der Waals surface area (Å²) in [6.07, 6.45) is 3.56. The van der Waals surface area contributed by atoms with Gasteiger partial charge in [-0.2, -0.15) is 0 Å². The van der Waals surface area contributed by atoms with Crippen molar-refractivity contribution in [2.45, 2.75) is 0 Å². The van der Waals surface area contributed by atoms with Gasteiger partial charge in [0.05, 0.1) is 6.61 Å². The largest absolute Gasteiger partial charge is 0.383 e. The van der Waals surface area contributed by atoms with E-state index in [2.05, 4.69) is 5.32 Å². The Hall–Kier alpha value is -0.900. The summed E-state index contributed by atoms with van der Waals surface area (Å²) in [4.78, 5) is 0. The van der Waals surface area contributed by atoms with Crippen LogP contribution in [0.15, 0.2) is 24.3 Å². The summed E-state index contributed by atoms with van der Waals surface area (Å²) in [6.45, 7) is 2.12. The Morgan fingerprint density at radius 2 is 2.31 bits per heavy atom. The second kappa shape index (κ2) is 7.39. The first-order valence-electron chi connectivity index (χ1n) is 5.05. The van der Waals surface area contributed by atoms with E-state index in [1.807, 2.05) is 6.08 Å². The standard InChI is InChI=1S/C12H15ClFNO/c1-16-8-7-15-6-2-3-10-9-11(13)4-5-12(10)14/h2-5,9,15H,6-8H2,1H3/b3-2+. The quantitative estimate of drug-likeness (QED) is 0.776. The molecule has 0 unspecified atom stereocenters. The average molecular weight is 244 g/mol. The minimum atomic E-state index is -0.266. The van der Waals surface area contributed by atoms with Gasteiger partial charge < -0.3 is 10.1 Å². The van der Waals surface area contributed by atoms with Crippen molar-refractivity contribution in [1.82, 2.24) is 5.32 Å². The summed E-state index contributed by atoms with van der Waals surface area (Å²) in [5, 5.41) is 3.66. The summed E-state index contributed by atoms with van der Waals surface area (Å²) in [6, 6.07) is 4.49. The van der Waals surface area contributed by atoms with Gasteiger partial charge in [-0.25, -0.2) is 4.39 Å². The van der Waals surface area contributed by atoms with Crippen molar-refractivity contribution in [2.24, 2.45) is 0 Å². The molecule has 1 aromatic carbocycles. The van der Waals surface area contributed by atoms with E-state index in [1.54, 1.807) is 19.3 Å². The fraction of sp³-hybridized carbons (Fsp3) is 0.333. The van der Waals surface area contributed by atoms with Crippen molar-refractivity contribution in [2.75, 3.05) is 26.8 Å². The first-order valence-corrected chi connectivity index (χ1v) is 5.43. The summed E-state index contributed by atoms with van der Waals surface area (Å²) < 4.78 is 18.1. The maximum atomic E-state index is 13.2. The van der Waals surface area contributed by atoms with Crippen molar-refractivity contribution in [1.29, 1.82) is 0 Å². The normalized spacial score (nSPS) is 11.2. The molecule has 0 aliphatic rings. The Kier molecular flexibility index (Phi) is 6.08. The van der Waals surface area contributed by atoms with Gasteiger partial charge in [0.25, 0.3) is 0 Å². The first-order chi connectivity index (χ1) is 7.74. The van der Waals surface area contributed by atoms with Gasteiger partial charge in [0.2, 0.25) is 0 Å². The number of methoxy groups -OCH3 is 1. The SMILES string of the molecule is COCCNC/C=C/c1cc(Cl)ccc1F. The molecule has 0 radical (unpaired) electrons. The minimum Gasteiger partial charge on any atom is -0.383 e. The van der Waals surface area contributed by atoms with Crippen LogP contribution < -0.4 is 5.32 Å². The molecule has 0 saturated carbocycles. The molecule has 1 N–H and O–H groups in total. The lowest BCUT2D eigenvalue weighted by Crippen LogP contribution is -2.18. The van der Waals surface area contributed by atoms with E-state index in [9.17, 15) is 4.39 Å². The minimum absolute atomic E-state index is 0.266. The average Bonchev–Trinajstić information content (AvgIpc) is 2.28. The maximum absolute atomic E-state index is 13.2. The van der Waals surface area contributed by atoms with Crippen molar-refractivity contribution in [3.8, 4) is 0 Å². The highest BCUT2D eigenvalue weighted by molar-refractivity contribution is 6.30. The molecule has 0 aromatic heterocycles. The molecule has 0 saturated heterocycles. The van der Waals surface area contributed by atoms with Crippen LogP contribution in [0.2, 0.25) is 5.02 Å². The molecule has 0 heterocycles. The van der Waals surface area contributed by atoms with E-state index in [1.165, 1.54) is 12.1 Å². The smallest absolute Gasteiger partial charge is 0.130 e. The van der Waals surface area contributed by atoms with Crippen LogP contribution in [0.4, 0.5) is 4.39 Å². The van der Waals surface area contributed by atoms with Gasteiger partial charge in [0.15, 0.2) is 0 Å². The van der Waals surface area contributed by atoms with E-state index in [4.69, 9.17) is 16.3 Å². The molecule has 0 atom stereocenters. The number of ether oxygens (including phenoxy) is 1. The Labute approximate surface area is 100 Å². The monoisotopic (exact) mass is 243 g/mol. The second-order valence-electron chi connectivity index (χ2n) is 3.27. The number of nitrogens with one attached hydrogen (secondary N) is 1. The Balaban J connectivity index is 2.40. The van der Waals surface area contributed by atoms with E-state index < -0.39 is 0 Å². The predicted molar refractivity (Wildman–Crippen MR) is 65.2 cm³/mol. The van der Waals surface area contributed by atoms with Crippen LogP contribution in [0.1, 0.15) is 5.56 Å². The molecule has 0 spiro atoms. The molecule has 0 bridgehead atoms. The molecule has 88 valence electrons. The van der Waals surface area contributed by atoms with Gasteiger partial charge in [-0.1, -0.05) is 23.8 Å². The predicted octanol–water partition coefficient (Wildman–Crippen LogP) is 2.73. The van der Waals surface area contributed by atoms with Crippen LogP contribution in [-0.2, 0) is 4.74 Å². The highest BCUT2D eigenvalue weighted by Crippen LogP contribution is 2.15. The second-order valence-corrected chi connectivity index (χ2v) is 3.70. The zero-order valence-electron chi connectivity index (χ0n) is 9.17. The third-order valence-electron chi connectivity index (χ3n) is 2.00. The molecule has 1 rings (SSSR count). The van der Waals surface area contributed by atoms with Gasteiger partial charge in [0, 0.05) is 30.8 Å². The number of halogens is 2. The zero-order chi connectivity index (χ0) is 11.8. The molecule has 0 aliphatic heterocycles. The fourth-order valence-corrected chi connectivity index (χ4v) is 1.37. The summed E-state index contributed by atoms with van der Waals surface area (Å²) in [7, 11) is 1.65. The summed E-state index contributed by atoms with van der Waals surface area (Å²) >= 11 is 5.77. The van der Waals surface area contributed by atoms with Crippen LogP contribution in [0, 0.1) is 5.82 Å². The van der Waals surface area contributed by atoms with Gasteiger partial charge in [0.1, 0.15) is 5.82 Å². The first kappa shape index (κ1) is 13.2. The van der Waals surface area contributed by atoms with E-state index >= 15 is 0 Å². The molecular formula is C12H15ClFNO. The van der Waals surface area contributed by atoms with Crippen LogP contribution in [-0.4, -0.2) is 26.8 Å². The molecular weight excluding hydrogens is 229 g/mol. The number of hydrogen-bond donors (Lipinski definition) is 1. The van der Waals surface area contributed by atoms with Crippen LogP contribution >= 0.6 is 11.6 Å². The van der Waals surface area contributed by atoms with Crippen molar-refractivity contribution in [3.63, 3.8) is 0 Å². The molecule has 16 heavy (non-hydrogen) atoms. The van der Waals surface area contributed by atoms with Gasteiger partial charge in [-0.15, -0.1) is 0 Å². The van der Waals surface area contributed by atoms with Gasteiger partial charge in [-0.05, 0) is 18.2 Å². The number of rotatable bonds is 6. The van der Waals surface area contributed by atoms with Crippen molar-refractivity contribution < 1.29 is 9.13 Å². The van der Waals surface area contributed by atoms with Crippen LogP contribution in [0.25, 0.3) is 6.08 Å². The zero-order valence-corrected chi connectivity index (χ0v) is 9.93. The lowest BCUT2D eigenvalue weighted by atomic mass is 10.2. The molecule has 0 aliphatic carbocycles.